The van der Waals surface area contributed by atoms with Crippen molar-refractivity contribution in [3.8, 4) is 11.5 Å². The van der Waals surface area contributed by atoms with Crippen LogP contribution in [0, 0.1) is 0 Å². The number of hydrogen-bond acceptors (Lipinski definition) is 5. The lowest BCUT2D eigenvalue weighted by Gasteiger charge is -2.19. The highest BCUT2D eigenvalue weighted by atomic mass is 35.5. The molecule has 1 rings (SSSR count). The molecule has 0 aliphatic rings. The van der Waals surface area contributed by atoms with Gasteiger partial charge in [-0.3, -0.25) is 9.59 Å². The van der Waals surface area contributed by atoms with E-state index in [2.05, 4.69) is 5.32 Å². The molecule has 0 amide bonds. The summed E-state index contributed by atoms with van der Waals surface area (Å²) >= 11 is 0. The fraction of sp³-hybridized carbons (Fsp3) is 0.429. The molecule has 112 valence electrons. The maximum atomic E-state index is 11.9. The van der Waals surface area contributed by atoms with Gasteiger partial charge in [-0.15, -0.1) is 12.4 Å². The molecule has 0 heterocycles. The first-order valence-corrected chi connectivity index (χ1v) is 5.99. The van der Waals surface area contributed by atoms with Crippen molar-refractivity contribution < 1.29 is 19.4 Å². The van der Waals surface area contributed by atoms with Crippen LogP contribution in [0.2, 0.25) is 0 Å². The van der Waals surface area contributed by atoms with Gasteiger partial charge in [0.15, 0.2) is 17.3 Å². The molecule has 0 spiro atoms. The second-order valence-electron chi connectivity index (χ2n) is 5.30. The summed E-state index contributed by atoms with van der Waals surface area (Å²) in [6, 6.07) is 4.22. The Morgan fingerprint density at radius 3 is 2.35 bits per heavy atom. The topological polar surface area (TPSA) is 75.6 Å². The minimum Gasteiger partial charge on any atom is -0.504 e. The monoisotopic (exact) mass is 301 g/mol. The van der Waals surface area contributed by atoms with Crippen LogP contribution in [-0.2, 0) is 4.79 Å². The van der Waals surface area contributed by atoms with E-state index in [-0.39, 0.29) is 41.8 Å². The van der Waals surface area contributed by atoms with Crippen molar-refractivity contribution in [2.24, 2.45) is 0 Å². The Kier molecular flexibility index (Phi) is 6.68. The largest absolute Gasteiger partial charge is 0.504 e. The summed E-state index contributed by atoms with van der Waals surface area (Å²) in [4.78, 5) is 22.7. The number of carbonyl (C=O) groups is 2. The Balaban J connectivity index is 0.00000361. The Hall–Kier alpha value is -1.59. The van der Waals surface area contributed by atoms with Crippen LogP contribution in [0.5, 0.6) is 11.5 Å². The molecule has 1 aromatic carbocycles. The van der Waals surface area contributed by atoms with Crippen LogP contribution in [0.3, 0.4) is 0 Å². The number of hydrogen-bond donors (Lipinski definition) is 2. The standard InChI is InChI=1S/C14H19NO4.ClH/c1-9(16)19-13-6-5-10(7-11(13)17)12(18)8-15-14(2,3)4;/h5-7,15,17H,8H2,1-4H3;1H. The highest BCUT2D eigenvalue weighted by Gasteiger charge is 2.14. The predicted octanol–water partition coefficient (Wildman–Crippen LogP) is 2.31. The predicted molar refractivity (Wildman–Crippen MR) is 78.8 cm³/mol. The quantitative estimate of drug-likeness (QED) is 0.507. The molecular weight excluding hydrogens is 282 g/mol. The number of halogens is 1. The van der Waals surface area contributed by atoms with Crippen LogP contribution in [0.4, 0.5) is 0 Å². The summed E-state index contributed by atoms with van der Waals surface area (Å²) in [5.74, 6) is -0.840. The molecule has 2 N–H and O–H groups in total. The van der Waals surface area contributed by atoms with E-state index in [1.54, 1.807) is 0 Å². The zero-order valence-electron chi connectivity index (χ0n) is 12.0. The molecule has 0 aliphatic heterocycles. The third-order valence-electron chi connectivity index (χ3n) is 2.31. The maximum Gasteiger partial charge on any atom is 0.308 e. The Labute approximate surface area is 124 Å². The summed E-state index contributed by atoms with van der Waals surface area (Å²) in [6.45, 7) is 7.30. The lowest BCUT2D eigenvalue weighted by Crippen LogP contribution is -2.39. The van der Waals surface area contributed by atoms with E-state index in [9.17, 15) is 14.7 Å². The van der Waals surface area contributed by atoms with E-state index in [0.29, 0.717) is 5.56 Å². The van der Waals surface area contributed by atoms with Gasteiger partial charge in [-0.1, -0.05) is 0 Å². The van der Waals surface area contributed by atoms with Crippen molar-refractivity contribution in [1.29, 1.82) is 0 Å². The summed E-state index contributed by atoms with van der Waals surface area (Å²) in [5.41, 5.74) is 0.209. The van der Waals surface area contributed by atoms with Gasteiger partial charge in [-0.25, -0.2) is 0 Å². The molecule has 5 nitrogen and oxygen atoms in total. The molecule has 0 saturated carbocycles. The SMILES string of the molecule is CC(=O)Oc1ccc(C(=O)CNC(C)(C)C)cc1O.Cl. The number of aromatic hydroxyl groups is 1. The van der Waals surface area contributed by atoms with Gasteiger partial charge in [0.25, 0.3) is 0 Å². The molecule has 0 radical (unpaired) electrons. The molecule has 0 fully saturated rings. The number of esters is 1. The highest BCUT2D eigenvalue weighted by Crippen LogP contribution is 2.27. The molecule has 0 bridgehead atoms. The van der Waals surface area contributed by atoms with Gasteiger partial charge in [-0.2, -0.15) is 0 Å². The van der Waals surface area contributed by atoms with Gasteiger partial charge < -0.3 is 15.2 Å². The number of ether oxygens (including phenoxy) is 1. The number of Topliss-reactive ketones (excluding diaryl/α,β-unsaturated/α-hetero) is 1. The first-order valence-electron chi connectivity index (χ1n) is 5.99. The number of rotatable bonds is 4. The van der Waals surface area contributed by atoms with E-state index >= 15 is 0 Å². The van der Waals surface area contributed by atoms with E-state index < -0.39 is 5.97 Å². The van der Waals surface area contributed by atoms with Gasteiger partial charge in [0.1, 0.15) is 0 Å². The van der Waals surface area contributed by atoms with E-state index in [1.165, 1.54) is 25.1 Å². The van der Waals surface area contributed by atoms with Gasteiger partial charge in [0.2, 0.25) is 0 Å². The second-order valence-corrected chi connectivity index (χ2v) is 5.30. The second kappa shape index (κ2) is 7.26. The summed E-state index contributed by atoms with van der Waals surface area (Å²) < 4.78 is 4.78. The molecular formula is C14H20ClNO4. The third kappa shape index (κ3) is 6.04. The summed E-state index contributed by atoms with van der Waals surface area (Å²) in [5, 5.41) is 12.7. The van der Waals surface area contributed by atoms with Crippen LogP contribution >= 0.6 is 12.4 Å². The Morgan fingerprint density at radius 2 is 1.90 bits per heavy atom. The molecule has 0 aliphatic carbocycles. The van der Waals surface area contributed by atoms with Crippen molar-refractivity contribution in [2.45, 2.75) is 33.2 Å². The van der Waals surface area contributed by atoms with Crippen LogP contribution in [-0.4, -0.2) is 28.9 Å². The zero-order chi connectivity index (χ0) is 14.6. The van der Waals surface area contributed by atoms with Crippen molar-refractivity contribution in [2.75, 3.05) is 6.54 Å². The average Bonchev–Trinajstić information content (AvgIpc) is 2.27. The van der Waals surface area contributed by atoms with Gasteiger partial charge in [0.05, 0.1) is 6.54 Å². The normalized spacial score (nSPS) is 10.6. The maximum absolute atomic E-state index is 11.9. The number of ketones is 1. The Morgan fingerprint density at radius 1 is 1.30 bits per heavy atom. The van der Waals surface area contributed by atoms with E-state index in [0.717, 1.165) is 0 Å². The number of carbonyl (C=O) groups excluding carboxylic acids is 2. The fourth-order valence-electron chi connectivity index (χ4n) is 1.38. The molecule has 1 aromatic rings. The number of phenols is 1. The van der Waals surface area contributed by atoms with Crippen LogP contribution in [0.15, 0.2) is 18.2 Å². The van der Waals surface area contributed by atoms with Crippen LogP contribution in [0.25, 0.3) is 0 Å². The molecule has 20 heavy (non-hydrogen) atoms. The number of benzene rings is 1. The van der Waals surface area contributed by atoms with Crippen LogP contribution < -0.4 is 10.1 Å². The number of phenolic OH excluding ortho intramolecular Hbond substituents is 1. The van der Waals surface area contributed by atoms with Gasteiger partial charge in [0, 0.05) is 18.0 Å². The van der Waals surface area contributed by atoms with Crippen molar-refractivity contribution in [3.05, 3.63) is 23.8 Å². The van der Waals surface area contributed by atoms with Gasteiger partial charge >= 0.3 is 5.97 Å². The molecule has 0 saturated heterocycles. The summed E-state index contributed by atoms with van der Waals surface area (Å²) in [6.07, 6.45) is 0. The van der Waals surface area contributed by atoms with Crippen molar-refractivity contribution >= 4 is 24.2 Å². The molecule has 0 atom stereocenters. The van der Waals surface area contributed by atoms with E-state index in [1.807, 2.05) is 20.8 Å². The summed E-state index contributed by atoms with van der Waals surface area (Å²) in [7, 11) is 0. The average molecular weight is 302 g/mol. The van der Waals surface area contributed by atoms with Crippen molar-refractivity contribution in [1.82, 2.24) is 5.32 Å². The number of nitrogens with one attached hydrogen (secondary N) is 1. The van der Waals surface area contributed by atoms with Gasteiger partial charge in [-0.05, 0) is 39.0 Å². The van der Waals surface area contributed by atoms with E-state index in [4.69, 9.17) is 4.74 Å². The zero-order valence-corrected chi connectivity index (χ0v) is 12.8. The van der Waals surface area contributed by atoms with Crippen LogP contribution in [0.1, 0.15) is 38.1 Å². The minimum absolute atomic E-state index is 0. The van der Waals surface area contributed by atoms with Crippen molar-refractivity contribution in [3.63, 3.8) is 0 Å². The fourth-order valence-corrected chi connectivity index (χ4v) is 1.38. The molecule has 0 aromatic heterocycles. The lowest BCUT2D eigenvalue weighted by atomic mass is 10.1. The first kappa shape index (κ1) is 18.4. The first-order chi connectivity index (χ1) is 8.69. The third-order valence-corrected chi connectivity index (χ3v) is 2.31. The smallest absolute Gasteiger partial charge is 0.308 e. The molecule has 0 unspecified atom stereocenters. The molecule has 6 heteroatoms. The lowest BCUT2D eigenvalue weighted by molar-refractivity contribution is -0.132. The minimum atomic E-state index is -0.524. The highest BCUT2D eigenvalue weighted by molar-refractivity contribution is 5.98. The Bertz CT molecular complexity index is 494.